The molecule has 9 heteroatoms. The van der Waals surface area contributed by atoms with Gasteiger partial charge in [-0.3, -0.25) is 9.59 Å². The van der Waals surface area contributed by atoms with Gasteiger partial charge in [-0.1, -0.05) is 47.5 Å². The maximum absolute atomic E-state index is 14.2. The molecule has 2 N–H and O–H groups in total. The van der Waals surface area contributed by atoms with E-state index in [1.165, 1.54) is 0 Å². The summed E-state index contributed by atoms with van der Waals surface area (Å²) in [5.74, 6) is -0.112. The number of anilines is 1. The molecule has 0 saturated heterocycles. The fourth-order valence-corrected chi connectivity index (χ4v) is 5.07. The van der Waals surface area contributed by atoms with E-state index in [1.807, 2.05) is 71.2 Å². The molecule has 2 rings (SSSR count). The van der Waals surface area contributed by atoms with Gasteiger partial charge in [-0.15, -0.1) is 0 Å². The standard InChI is InChI=1S/C30H42ClN3O4S/c1-18(2)34(28(36)24(15-16-39-9)32-29(37)38-30(6,7)8)26(22-14-13-19(3)17-21(22)5)27(35)33-25-20(4)11-10-12-23(25)31/h10-14,17-18,24,26H,15-16H2,1-9H3,(H,32,37)(H,33,35). The van der Waals surface area contributed by atoms with Crippen molar-refractivity contribution >= 4 is 47.0 Å². The van der Waals surface area contributed by atoms with Crippen molar-refractivity contribution in [3.05, 3.63) is 63.7 Å². The number of carbonyl (C=O) groups is 3. The second kappa shape index (κ2) is 14.1. The molecule has 0 aliphatic heterocycles. The van der Waals surface area contributed by atoms with Crippen molar-refractivity contribution in [2.24, 2.45) is 0 Å². The summed E-state index contributed by atoms with van der Waals surface area (Å²) in [4.78, 5) is 42.6. The summed E-state index contributed by atoms with van der Waals surface area (Å²) in [6.45, 7) is 14.8. The van der Waals surface area contributed by atoms with Crippen LogP contribution in [0.4, 0.5) is 10.5 Å². The van der Waals surface area contributed by atoms with E-state index < -0.39 is 23.8 Å². The summed E-state index contributed by atoms with van der Waals surface area (Å²) in [5, 5.41) is 6.16. The molecular weight excluding hydrogens is 534 g/mol. The molecule has 3 amide bonds. The van der Waals surface area contributed by atoms with Crippen LogP contribution >= 0.6 is 23.4 Å². The monoisotopic (exact) mass is 575 g/mol. The molecule has 2 aromatic rings. The third-order valence-corrected chi connectivity index (χ3v) is 7.09. The SMILES string of the molecule is CSCCC(NC(=O)OC(C)(C)C)C(=O)N(C(C)C)C(C(=O)Nc1c(C)cccc1Cl)c1ccc(C)cc1C. The Labute approximate surface area is 242 Å². The van der Waals surface area contributed by atoms with Gasteiger partial charge >= 0.3 is 6.09 Å². The van der Waals surface area contributed by atoms with E-state index in [4.69, 9.17) is 16.3 Å². The minimum Gasteiger partial charge on any atom is -0.444 e. The van der Waals surface area contributed by atoms with Gasteiger partial charge < -0.3 is 20.3 Å². The number of para-hydroxylation sites is 1. The van der Waals surface area contributed by atoms with Gasteiger partial charge in [0.05, 0.1) is 10.7 Å². The molecule has 7 nitrogen and oxygen atoms in total. The van der Waals surface area contributed by atoms with Crippen LogP contribution in [0.15, 0.2) is 36.4 Å². The van der Waals surface area contributed by atoms with Gasteiger partial charge in [0.1, 0.15) is 17.7 Å². The van der Waals surface area contributed by atoms with E-state index in [0.717, 1.165) is 16.7 Å². The Morgan fingerprint density at radius 1 is 1.05 bits per heavy atom. The van der Waals surface area contributed by atoms with Crippen LogP contribution in [0.3, 0.4) is 0 Å². The zero-order chi connectivity index (χ0) is 29.5. The number of benzene rings is 2. The van der Waals surface area contributed by atoms with Gasteiger partial charge in [0, 0.05) is 6.04 Å². The predicted molar refractivity (Wildman–Crippen MR) is 162 cm³/mol. The summed E-state index contributed by atoms with van der Waals surface area (Å²) in [5.41, 5.74) is 3.21. The smallest absolute Gasteiger partial charge is 0.408 e. The molecule has 0 saturated carbocycles. The first-order valence-electron chi connectivity index (χ1n) is 13.1. The Morgan fingerprint density at radius 2 is 1.72 bits per heavy atom. The number of hydrogen-bond acceptors (Lipinski definition) is 5. The molecular formula is C30H42ClN3O4S. The number of hydrogen-bond donors (Lipinski definition) is 2. The number of thioether (sulfide) groups is 1. The Balaban J connectivity index is 2.59. The van der Waals surface area contributed by atoms with Gasteiger partial charge in [0.25, 0.3) is 5.91 Å². The number of carbonyl (C=O) groups excluding carboxylic acids is 3. The summed E-state index contributed by atoms with van der Waals surface area (Å²) in [6.07, 6.45) is 1.64. The number of nitrogens with zero attached hydrogens (tertiary/aromatic N) is 1. The maximum atomic E-state index is 14.2. The van der Waals surface area contributed by atoms with Crippen molar-refractivity contribution in [3.63, 3.8) is 0 Å². The fourth-order valence-electron chi connectivity index (χ4n) is 4.33. The summed E-state index contributed by atoms with van der Waals surface area (Å²) >= 11 is 8.01. The predicted octanol–water partition coefficient (Wildman–Crippen LogP) is 6.83. The first-order valence-corrected chi connectivity index (χ1v) is 14.9. The molecule has 0 fully saturated rings. The quantitative estimate of drug-likeness (QED) is 0.324. The highest BCUT2D eigenvalue weighted by molar-refractivity contribution is 7.98. The number of nitrogens with one attached hydrogen (secondary N) is 2. The minimum absolute atomic E-state index is 0.360. The van der Waals surface area contributed by atoms with Gasteiger partial charge in [-0.25, -0.2) is 4.79 Å². The Bertz CT molecular complexity index is 1160. The normalized spacial score (nSPS) is 13.0. The minimum atomic E-state index is -0.967. The third-order valence-electron chi connectivity index (χ3n) is 6.13. The van der Waals surface area contributed by atoms with E-state index in [-0.39, 0.29) is 17.9 Å². The van der Waals surface area contributed by atoms with Crippen molar-refractivity contribution in [3.8, 4) is 0 Å². The number of amides is 3. The van der Waals surface area contributed by atoms with Crippen LogP contribution in [0.1, 0.15) is 69.3 Å². The van der Waals surface area contributed by atoms with Gasteiger partial charge in [-0.05, 0) is 96.6 Å². The van der Waals surface area contributed by atoms with Crippen LogP contribution in [0.5, 0.6) is 0 Å². The van der Waals surface area contributed by atoms with Crippen LogP contribution in [0.25, 0.3) is 0 Å². The second-order valence-electron chi connectivity index (χ2n) is 11.0. The number of rotatable bonds is 10. The summed E-state index contributed by atoms with van der Waals surface area (Å²) < 4.78 is 5.45. The van der Waals surface area contributed by atoms with Crippen molar-refractivity contribution in [1.29, 1.82) is 0 Å². The van der Waals surface area contributed by atoms with Crippen LogP contribution in [-0.4, -0.2) is 52.5 Å². The van der Waals surface area contributed by atoms with Crippen molar-refractivity contribution < 1.29 is 19.1 Å². The van der Waals surface area contributed by atoms with Crippen LogP contribution in [0.2, 0.25) is 5.02 Å². The van der Waals surface area contributed by atoms with Crippen molar-refractivity contribution in [1.82, 2.24) is 10.2 Å². The molecule has 2 atom stereocenters. The Kier molecular flexibility index (Phi) is 11.7. The number of aryl methyl sites for hydroxylation is 3. The lowest BCUT2D eigenvalue weighted by atomic mass is 9.95. The first kappa shape index (κ1) is 32.5. The highest BCUT2D eigenvalue weighted by atomic mass is 35.5. The van der Waals surface area contributed by atoms with Gasteiger partial charge in [0.2, 0.25) is 5.91 Å². The molecule has 0 aliphatic carbocycles. The maximum Gasteiger partial charge on any atom is 0.408 e. The molecule has 39 heavy (non-hydrogen) atoms. The van der Waals surface area contributed by atoms with E-state index in [0.29, 0.717) is 28.4 Å². The zero-order valence-electron chi connectivity index (χ0n) is 24.5. The zero-order valence-corrected chi connectivity index (χ0v) is 26.0. The lowest BCUT2D eigenvalue weighted by molar-refractivity contribution is -0.143. The van der Waals surface area contributed by atoms with Crippen LogP contribution in [-0.2, 0) is 14.3 Å². The molecule has 0 heterocycles. The molecule has 0 aliphatic rings. The number of halogens is 1. The largest absolute Gasteiger partial charge is 0.444 e. The van der Waals surface area contributed by atoms with Crippen molar-refractivity contribution in [2.75, 3.05) is 17.3 Å². The van der Waals surface area contributed by atoms with Crippen LogP contribution in [0, 0.1) is 20.8 Å². The molecule has 2 aromatic carbocycles. The number of ether oxygens (including phenoxy) is 1. The average molecular weight is 576 g/mol. The first-order chi connectivity index (χ1) is 18.2. The molecule has 0 spiro atoms. The van der Waals surface area contributed by atoms with Gasteiger partial charge in [-0.2, -0.15) is 11.8 Å². The molecule has 2 unspecified atom stereocenters. The van der Waals surface area contributed by atoms with Gasteiger partial charge in [0.15, 0.2) is 0 Å². The summed E-state index contributed by atoms with van der Waals surface area (Å²) in [7, 11) is 0. The average Bonchev–Trinajstić information content (AvgIpc) is 2.81. The molecule has 214 valence electrons. The second-order valence-corrected chi connectivity index (χ2v) is 12.4. The topological polar surface area (TPSA) is 87.7 Å². The summed E-state index contributed by atoms with van der Waals surface area (Å²) in [6, 6.07) is 8.99. The van der Waals surface area contributed by atoms with E-state index in [9.17, 15) is 14.4 Å². The third kappa shape index (κ3) is 9.17. The highest BCUT2D eigenvalue weighted by Crippen LogP contribution is 2.32. The van der Waals surface area contributed by atoms with E-state index >= 15 is 0 Å². The lowest BCUT2D eigenvalue weighted by Gasteiger charge is -2.38. The lowest BCUT2D eigenvalue weighted by Crippen LogP contribution is -2.54. The Hall–Kier alpha value is -2.71. The molecule has 0 bridgehead atoms. The Morgan fingerprint density at radius 3 is 2.26 bits per heavy atom. The highest BCUT2D eigenvalue weighted by Gasteiger charge is 2.38. The fraction of sp³-hybridized carbons (Fsp3) is 0.500. The van der Waals surface area contributed by atoms with E-state index in [1.54, 1.807) is 43.5 Å². The molecule has 0 radical (unpaired) electrons. The van der Waals surface area contributed by atoms with Crippen molar-refractivity contribution in [2.45, 2.75) is 85.5 Å². The van der Waals surface area contributed by atoms with Crippen LogP contribution < -0.4 is 10.6 Å². The number of alkyl carbamates (subject to hydrolysis) is 1. The molecule has 0 aromatic heterocycles. The van der Waals surface area contributed by atoms with E-state index in [2.05, 4.69) is 10.6 Å².